The molecule has 0 spiro atoms. The van der Waals surface area contributed by atoms with E-state index in [0.717, 1.165) is 5.92 Å². The molecule has 1 heteroatoms. The molecule has 20 heavy (non-hydrogen) atoms. The minimum atomic E-state index is 0.455. The van der Waals surface area contributed by atoms with E-state index in [9.17, 15) is 0 Å². The van der Waals surface area contributed by atoms with Gasteiger partial charge in [-0.1, -0.05) is 42.0 Å². The normalized spacial score (nSPS) is 15.9. The van der Waals surface area contributed by atoms with Crippen molar-refractivity contribution in [3.63, 3.8) is 0 Å². The number of hydrogen-bond donors (Lipinski definition) is 1. The van der Waals surface area contributed by atoms with E-state index in [2.05, 4.69) is 68.6 Å². The van der Waals surface area contributed by atoms with Gasteiger partial charge in [0.1, 0.15) is 0 Å². The maximum Gasteiger partial charge on any atom is 0.0542 e. The highest BCUT2D eigenvalue weighted by atomic mass is 14.9. The van der Waals surface area contributed by atoms with Gasteiger partial charge in [0.25, 0.3) is 0 Å². The molecule has 1 fully saturated rings. The van der Waals surface area contributed by atoms with Crippen LogP contribution >= 0.6 is 0 Å². The van der Waals surface area contributed by atoms with Crippen molar-refractivity contribution in [2.75, 3.05) is 5.32 Å². The molecular formula is C19H23N. The highest BCUT2D eigenvalue weighted by Crippen LogP contribution is 2.43. The zero-order valence-corrected chi connectivity index (χ0v) is 12.6. The summed E-state index contributed by atoms with van der Waals surface area (Å²) in [6.07, 6.45) is 2.69. The Morgan fingerprint density at radius 2 is 1.65 bits per heavy atom. The number of nitrogens with one attached hydrogen (secondary N) is 1. The Morgan fingerprint density at radius 1 is 0.950 bits per heavy atom. The molecule has 1 saturated carbocycles. The highest BCUT2D eigenvalue weighted by molar-refractivity contribution is 5.55. The average Bonchev–Trinajstić information content (AvgIpc) is 3.26. The minimum Gasteiger partial charge on any atom is -0.378 e. The standard InChI is InChI=1S/C19H23N/c1-13-7-9-16(10-8-13)19(17-11-12-17)20-18-6-4-5-14(2)15(18)3/h4-10,17,19-20H,11-12H2,1-3H3. The van der Waals surface area contributed by atoms with Gasteiger partial charge in [-0.05, 0) is 62.3 Å². The first-order valence-electron chi connectivity index (χ1n) is 7.54. The summed E-state index contributed by atoms with van der Waals surface area (Å²) >= 11 is 0. The number of anilines is 1. The Morgan fingerprint density at radius 3 is 2.30 bits per heavy atom. The van der Waals surface area contributed by atoms with Crippen molar-refractivity contribution in [2.24, 2.45) is 5.92 Å². The summed E-state index contributed by atoms with van der Waals surface area (Å²) in [4.78, 5) is 0. The third kappa shape index (κ3) is 2.72. The van der Waals surface area contributed by atoms with Crippen molar-refractivity contribution in [3.05, 3.63) is 64.7 Å². The van der Waals surface area contributed by atoms with Gasteiger partial charge < -0.3 is 5.32 Å². The molecule has 0 saturated heterocycles. The summed E-state index contributed by atoms with van der Waals surface area (Å²) in [6.45, 7) is 6.53. The molecule has 0 aliphatic heterocycles. The van der Waals surface area contributed by atoms with Crippen LogP contribution in [0.4, 0.5) is 5.69 Å². The summed E-state index contributed by atoms with van der Waals surface area (Å²) in [5.74, 6) is 0.789. The zero-order chi connectivity index (χ0) is 14.1. The Balaban J connectivity index is 1.88. The third-order valence-electron chi connectivity index (χ3n) is 4.45. The fourth-order valence-corrected chi connectivity index (χ4v) is 2.75. The lowest BCUT2D eigenvalue weighted by molar-refractivity contribution is 0.678. The summed E-state index contributed by atoms with van der Waals surface area (Å²) in [5.41, 5.74) is 6.75. The fraction of sp³-hybridized carbons (Fsp3) is 0.368. The zero-order valence-electron chi connectivity index (χ0n) is 12.6. The van der Waals surface area contributed by atoms with E-state index in [1.54, 1.807) is 0 Å². The molecule has 1 aliphatic carbocycles. The Bertz CT molecular complexity index is 594. The SMILES string of the molecule is Cc1ccc(C(Nc2cccc(C)c2C)C2CC2)cc1. The maximum atomic E-state index is 3.79. The minimum absolute atomic E-state index is 0.455. The summed E-state index contributed by atoms with van der Waals surface area (Å²) in [7, 11) is 0. The topological polar surface area (TPSA) is 12.0 Å². The summed E-state index contributed by atoms with van der Waals surface area (Å²) in [5, 5.41) is 3.79. The molecule has 2 aromatic rings. The van der Waals surface area contributed by atoms with Gasteiger partial charge in [0.15, 0.2) is 0 Å². The van der Waals surface area contributed by atoms with Gasteiger partial charge in [0, 0.05) is 5.69 Å². The van der Waals surface area contributed by atoms with E-state index in [1.807, 2.05) is 0 Å². The van der Waals surface area contributed by atoms with E-state index < -0.39 is 0 Å². The van der Waals surface area contributed by atoms with Crippen molar-refractivity contribution in [2.45, 2.75) is 39.7 Å². The van der Waals surface area contributed by atoms with E-state index in [0.29, 0.717) is 6.04 Å². The first-order valence-corrected chi connectivity index (χ1v) is 7.54. The molecule has 0 amide bonds. The van der Waals surface area contributed by atoms with Gasteiger partial charge in [-0.25, -0.2) is 0 Å². The molecule has 0 aromatic heterocycles. The third-order valence-corrected chi connectivity index (χ3v) is 4.45. The first kappa shape index (κ1) is 13.2. The summed E-state index contributed by atoms with van der Waals surface area (Å²) < 4.78 is 0. The molecule has 0 heterocycles. The van der Waals surface area contributed by atoms with E-state index >= 15 is 0 Å². The fourth-order valence-electron chi connectivity index (χ4n) is 2.75. The highest BCUT2D eigenvalue weighted by Gasteiger charge is 2.32. The monoisotopic (exact) mass is 265 g/mol. The average molecular weight is 265 g/mol. The van der Waals surface area contributed by atoms with Crippen LogP contribution in [0, 0.1) is 26.7 Å². The van der Waals surface area contributed by atoms with Gasteiger partial charge in [-0.15, -0.1) is 0 Å². The van der Waals surface area contributed by atoms with Crippen molar-refractivity contribution in [3.8, 4) is 0 Å². The molecule has 0 radical (unpaired) electrons. The smallest absolute Gasteiger partial charge is 0.0542 e. The molecule has 1 N–H and O–H groups in total. The molecule has 3 rings (SSSR count). The van der Waals surface area contributed by atoms with Crippen LogP contribution in [0.1, 0.15) is 41.1 Å². The number of rotatable bonds is 4. The molecular weight excluding hydrogens is 242 g/mol. The van der Waals surface area contributed by atoms with Crippen LogP contribution in [0.2, 0.25) is 0 Å². The van der Waals surface area contributed by atoms with Crippen molar-refractivity contribution >= 4 is 5.69 Å². The van der Waals surface area contributed by atoms with Gasteiger partial charge >= 0.3 is 0 Å². The van der Waals surface area contributed by atoms with Crippen molar-refractivity contribution < 1.29 is 0 Å². The van der Waals surface area contributed by atoms with Gasteiger partial charge in [-0.2, -0.15) is 0 Å². The van der Waals surface area contributed by atoms with Crippen LogP contribution in [0.25, 0.3) is 0 Å². The van der Waals surface area contributed by atoms with Crippen LogP contribution in [-0.4, -0.2) is 0 Å². The van der Waals surface area contributed by atoms with Gasteiger partial charge in [0.2, 0.25) is 0 Å². The van der Waals surface area contributed by atoms with Crippen molar-refractivity contribution in [1.29, 1.82) is 0 Å². The molecule has 1 aliphatic rings. The lowest BCUT2D eigenvalue weighted by Crippen LogP contribution is -2.14. The Hall–Kier alpha value is -1.76. The second-order valence-electron chi connectivity index (χ2n) is 6.12. The Kier molecular flexibility index (Phi) is 3.52. The predicted molar refractivity (Wildman–Crippen MR) is 86.2 cm³/mol. The summed E-state index contributed by atoms with van der Waals surface area (Å²) in [6, 6.07) is 16.0. The van der Waals surface area contributed by atoms with E-state index in [-0.39, 0.29) is 0 Å². The van der Waals surface area contributed by atoms with Crippen molar-refractivity contribution in [1.82, 2.24) is 0 Å². The van der Waals surface area contributed by atoms with Crippen LogP contribution in [0.5, 0.6) is 0 Å². The molecule has 104 valence electrons. The molecule has 1 atom stereocenters. The molecule has 1 unspecified atom stereocenters. The molecule has 2 aromatic carbocycles. The van der Waals surface area contributed by atoms with E-state index in [4.69, 9.17) is 0 Å². The maximum absolute atomic E-state index is 3.79. The van der Waals surface area contributed by atoms with Crippen LogP contribution in [0.15, 0.2) is 42.5 Å². The van der Waals surface area contributed by atoms with E-state index in [1.165, 1.54) is 40.8 Å². The number of hydrogen-bond acceptors (Lipinski definition) is 1. The quantitative estimate of drug-likeness (QED) is 0.803. The van der Waals surface area contributed by atoms with Crippen LogP contribution < -0.4 is 5.32 Å². The molecule has 0 bridgehead atoms. The predicted octanol–water partition coefficient (Wildman–Crippen LogP) is 5.18. The van der Waals surface area contributed by atoms with Gasteiger partial charge in [0.05, 0.1) is 6.04 Å². The first-order chi connectivity index (χ1) is 9.65. The van der Waals surface area contributed by atoms with Crippen LogP contribution in [0.3, 0.4) is 0 Å². The lowest BCUT2D eigenvalue weighted by Gasteiger charge is -2.22. The van der Waals surface area contributed by atoms with Gasteiger partial charge in [-0.3, -0.25) is 0 Å². The lowest BCUT2D eigenvalue weighted by atomic mass is 9.99. The number of benzene rings is 2. The number of aryl methyl sites for hydroxylation is 2. The Labute approximate surface area is 122 Å². The molecule has 1 nitrogen and oxygen atoms in total. The second-order valence-corrected chi connectivity index (χ2v) is 6.12. The van der Waals surface area contributed by atoms with Crippen LogP contribution in [-0.2, 0) is 0 Å². The largest absolute Gasteiger partial charge is 0.378 e. The second kappa shape index (κ2) is 5.32.